The number of hydrogen-bond donors (Lipinski definition) is 2. The number of piperidine rings is 1. The van der Waals surface area contributed by atoms with Crippen molar-refractivity contribution in [2.24, 2.45) is 0 Å². The molecule has 19 heavy (non-hydrogen) atoms. The second-order valence-electron chi connectivity index (χ2n) is 5.35. The van der Waals surface area contributed by atoms with E-state index in [4.69, 9.17) is 9.84 Å². The lowest BCUT2D eigenvalue weighted by Gasteiger charge is -2.30. The zero-order valence-electron chi connectivity index (χ0n) is 11.1. The quantitative estimate of drug-likeness (QED) is 0.806. The van der Waals surface area contributed by atoms with Crippen LogP contribution in [0.1, 0.15) is 44.9 Å². The van der Waals surface area contributed by atoms with Crippen LogP contribution in [0.3, 0.4) is 0 Å². The third-order valence-electron chi connectivity index (χ3n) is 3.91. The molecule has 0 bridgehead atoms. The summed E-state index contributed by atoms with van der Waals surface area (Å²) in [5.41, 5.74) is 0. The minimum Gasteiger partial charge on any atom is -0.465 e. The first-order valence-electron chi connectivity index (χ1n) is 7.10. The van der Waals surface area contributed by atoms with Crippen molar-refractivity contribution in [3.05, 3.63) is 0 Å². The van der Waals surface area contributed by atoms with Crippen LogP contribution >= 0.6 is 0 Å². The molecular weight excluding hydrogens is 248 g/mol. The predicted molar refractivity (Wildman–Crippen MR) is 69.1 cm³/mol. The third kappa shape index (κ3) is 4.29. The van der Waals surface area contributed by atoms with Crippen LogP contribution in [0.4, 0.5) is 9.59 Å². The number of hydrogen-bond acceptors (Lipinski definition) is 3. The van der Waals surface area contributed by atoms with Crippen molar-refractivity contribution in [3.8, 4) is 0 Å². The lowest BCUT2D eigenvalue weighted by Crippen LogP contribution is -2.43. The highest BCUT2D eigenvalue weighted by Gasteiger charge is 2.25. The predicted octanol–water partition coefficient (Wildman–Crippen LogP) is 2.19. The van der Waals surface area contributed by atoms with E-state index in [1.807, 2.05) is 0 Å². The normalized spacial score (nSPS) is 22.0. The SMILES string of the molecule is O=C(NC1CCCCC1)OC1CCN(C(=O)O)CC1. The van der Waals surface area contributed by atoms with Gasteiger partial charge in [-0.3, -0.25) is 0 Å². The van der Waals surface area contributed by atoms with Gasteiger partial charge in [0.2, 0.25) is 0 Å². The molecule has 1 aliphatic carbocycles. The summed E-state index contributed by atoms with van der Waals surface area (Å²) < 4.78 is 5.35. The Morgan fingerprint density at radius 1 is 1.05 bits per heavy atom. The minimum absolute atomic E-state index is 0.154. The van der Waals surface area contributed by atoms with Crippen molar-refractivity contribution in [2.45, 2.75) is 57.1 Å². The molecule has 1 heterocycles. The van der Waals surface area contributed by atoms with Gasteiger partial charge in [-0.1, -0.05) is 19.3 Å². The third-order valence-corrected chi connectivity index (χ3v) is 3.91. The van der Waals surface area contributed by atoms with Gasteiger partial charge in [0, 0.05) is 32.0 Å². The van der Waals surface area contributed by atoms with Crippen LogP contribution in [0, 0.1) is 0 Å². The second-order valence-corrected chi connectivity index (χ2v) is 5.35. The van der Waals surface area contributed by atoms with E-state index < -0.39 is 6.09 Å². The van der Waals surface area contributed by atoms with Gasteiger partial charge in [0.15, 0.2) is 0 Å². The minimum atomic E-state index is -0.898. The summed E-state index contributed by atoms with van der Waals surface area (Å²) in [6.45, 7) is 0.882. The summed E-state index contributed by atoms with van der Waals surface area (Å²) in [5.74, 6) is 0. The maximum Gasteiger partial charge on any atom is 0.407 e. The van der Waals surface area contributed by atoms with E-state index in [0.29, 0.717) is 25.9 Å². The molecular formula is C13H22N2O4. The molecule has 0 aromatic heterocycles. The van der Waals surface area contributed by atoms with E-state index in [1.165, 1.54) is 24.2 Å². The molecule has 0 aromatic carbocycles. The number of nitrogens with zero attached hydrogens (tertiary/aromatic N) is 1. The van der Waals surface area contributed by atoms with Crippen molar-refractivity contribution in [1.82, 2.24) is 10.2 Å². The number of likely N-dealkylation sites (tertiary alicyclic amines) is 1. The molecule has 0 aromatic rings. The number of carbonyl (C=O) groups is 2. The maximum absolute atomic E-state index is 11.7. The number of carboxylic acid groups (broad SMARTS) is 1. The van der Waals surface area contributed by atoms with E-state index in [2.05, 4.69) is 5.32 Å². The lowest BCUT2D eigenvalue weighted by atomic mass is 9.96. The molecule has 0 unspecified atom stereocenters. The number of nitrogens with one attached hydrogen (secondary N) is 1. The summed E-state index contributed by atoms with van der Waals surface area (Å²) >= 11 is 0. The van der Waals surface area contributed by atoms with E-state index in [9.17, 15) is 9.59 Å². The molecule has 108 valence electrons. The van der Waals surface area contributed by atoms with Crippen LogP contribution in [0.15, 0.2) is 0 Å². The molecule has 2 N–H and O–H groups in total. The van der Waals surface area contributed by atoms with Crippen molar-refractivity contribution in [2.75, 3.05) is 13.1 Å². The van der Waals surface area contributed by atoms with Gasteiger partial charge in [0.25, 0.3) is 0 Å². The Hall–Kier alpha value is -1.46. The van der Waals surface area contributed by atoms with Crippen molar-refractivity contribution >= 4 is 12.2 Å². The standard InChI is InChI=1S/C13H22N2O4/c16-12(14-10-4-2-1-3-5-10)19-11-6-8-15(9-7-11)13(17)18/h10-11H,1-9H2,(H,14,16)(H,17,18). The fraction of sp³-hybridized carbons (Fsp3) is 0.846. The Kier molecular flexibility index (Phi) is 4.87. The Labute approximate surface area is 113 Å². The fourth-order valence-electron chi connectivity index (χ4n) is 2.76. The van der Waals surface area contributed by atoms with E-state index >= 15 is 0 Å². The molecule has 1 saturated carbocycles. The topological polar surface area (TPSA) is 78.9 Å². The summed E-state index contributed by atoms with van der Waals surface area (Å²) in [7, 11) is 0. The lowest BCUT2D eigenvalue weighted by molar-refractivity contribution is 0.0487. The van der Waals surface area contributed by atoms with Crippen LogP contribution in [-0.2, 0) is 4.74 Å². The van der Waals surface area contributed by atoms with Crippen LogP contribution in [0.25, 0.3) is 0 Å². The molecule has 1 aliphatic heterocycles. The highest BCUT2D eigenvalue weighted by molar-refractivity contribution is 5.68. The molecule has 2 aliphatic rings. The summed E-state index contributed by atoms with van der Waals surface area (Å²) in [5, 5.41) is 11.7. The van der Waals surface area contributed by atoms with Gasteiger partial charge >= 0.3 is 12.2 Å². The van der Waals surface area contributed by atoms with Gasteiger partial charge in [-0.2, -0.15) is 0 Å². The molecule has 6 heteroatoms. The van der Waals surface area contributed by atoms with E-state index in [-0.39, 0.29) is 18.2 Å². The van der Waals surface area contributed by atoms with Gasteiger partial charge in [-0.15, -0.1) is 0 Å². The molecule has 6 nitrogen and oxygen atoms in total. The van der Waals surface area contributed by atoms with Crippen LogP contribution in [0.5, 0.6) is 0 Å². The van der Waals surface area contributed by atoms with Crippen LogP contribution in [0.2, 0.25) is 0 Å². The molecule has 2 fully saturated rings. The molecule has 1 saturated heterocycles. The molecule has 0 radical (unpaired) electrons. The van der Waals surface area contributed by atoms with Crippen molar-refractivity contribution in [1.29, 1.82) is 0 Å². The molecule has 2 amide bonds. The van der Waals surface area contributed by atoms with Gasteiger partial charge < -0.3 is 20.1 Å². The van der Waals surface area contributed by atoms with E-state index in [1.54, 1.807) is 0 Å². The number of ether oxygens (including phenoxy) is 1. The first kappa shape index (κ1) is 14.0. The van der Waals surface area contributed by atoms with Gasteiger partial charge in [-0.25, -0.2) is 9.59 Å². The molecule has 2 rings (SSSR count). The zero-order chi connectivity index (χ0) is 13.7. The van der Waals surface area contributed by atoms with Gasteiger partial charge in [-0.05, 0) is 12.8 Å². The van der Waals surface area contributed by atoms with Gasteiger partial charge in [0.1, 0.15) is 6.10 Å². The largest absolute Gasteiger partial charge is 0.465 e. The highest BCUT2D eigenvalue weighted by atomic mass is 16.6. The second kappa shape index (κ2) is 6.63. The van der Waals surface area contributed by atoms with Crippen LogP contribution < -0.4 is 5.32 Å². The van der Waals surface area contributed by atoms with Crippen LogP contribution in [-0.4, -0.2) is 47.4 Å². The highest BCUT2D eigenvalue weighted by Crippen LogP contribution is 2.18. The fourth-order valence-corrected chi connectivity index (χ4v) is 2.76. The molecule has 0 atom stereocenters. The van der Waals surface area contributed by atoms with Crippen molar-refractivity contribution < 1.29 is 19.4 Å². The smallest absolute Gasteiger partial charge is 0.407 e. The average Bonchev–Trinajstić information content (AvgIpc) is 2.40. The Balaban J connectivity index is 1.67. The first-order chi connectivity index (χ1) is 9.15. The Morgan fingerprint density at radius 2 is 1.68 bits per heavy atom. The van der Waals surface area contributed by atoms with E-state index in [0.717, 1.165) is 12.8 Å². The van der Waals surface area contributed by atoms with Crippen molar-refractivity contribution in [3.63, 3.8) is 0 Å². The maximum atomic E-state index is 11.7. The van der Waals surface area contributed by atoms with Gasteiger partial charge in [0.05, 0.1) is 0 Å². The Morgan fingerprint density at radius 3 is 2.26 bits per heavy atom. The Bertz CT molecular complexity index is 321. The summed E-state index contributed by atoms with van der Waals surface area (Å²) in [4.78, 5) is 23.8. The monoisotopic (exact) mass is 270 g/mol. The summed E-state index contributed by atoms with van der Waals surface area (Å²) in [6, 6.07) is 0.250. The number of rotatable bonds is 2. The molecule has 0 spiro atoms. The number of amides is 2. The first-order valence-corrected chi connectivity index (χ1v) is 7.10. The summed E-state index contributed by atoms with van der Waals surface area (Å²) in [6.07, 6.45) is 5.43. The zero-order valence-corrected chi connectivity index (χ0v) is 11.1. The number of carbonyl (C=O) groups excluding carboxylic acids is 1. The number of alkyl carbamates (subject to hydrolysis) is 1. The average molecular weight is 270 g/mol.